The predicted molar refractivity (Wildman–Crippen MR) is 134 cm³/mol. The van der Waals surface area contributed by atoms with E-state index in [1.54, 1.807) is 58.9 Å². The maximum atomic E-state index is 13.7. The van der Waals surface area contributed by atoms with Gasteiger partial charge in [0.1, 0.15) is 24.2 Å². The fraction of sp³-hybridized carbons (Fsp3) is 0.520. The zero-order valence-electron chi connectivity index (χ0n) is 20.7. The summed E-state index contributed by atoms with van der Waals surface area (Å²) in [4.78, 5) is 40.6. The van der Waals surface area contributed by atoms with Gasteiger partial charge in [-0.3, -0.25) is 9.59 Å². The second-order valence-electron chi connectivity index (χ2n) is 8.90. The van der Waals surface area contributed by atoms with E-state index in [1.165, 1.54) is 11.8 Å². The van der Waals surface area contributed by atoms with Crippen LogP contribution in [0.15, 0.2) is 24.3 Å². The molecule has 2 N–H and O–H groups in total. The minimum atomic E-state index is -1.15. The van der Waals surface area contributed by atoms with E-state index in [4.69, 9.17) is 11.2 Å². The number of carbonyl (C=O) groups is 3. The molecule has 3 amide bonds. The fourth-order valence-corrected chi connectivity index (χ4v) is 3.67. The highest BCUT2D eigenvalue weighted by Crippen LogP contribution is 2.26. The van der Waals surface area contributed by atoms with E-state index in [2.05, 4.69) is 16.6 Å². The van der Waals surface area contributed by atoms with Crippen molar-refractivity contribution in [3.8, 4) is 18.4 Å². The lowest BCUT2D eigenvalue weighted by molar-refractivity contribution is -0.142. The topological polar surface area (TPSA) is 112 Å². The Labute approximate surface area is 206 Å². The number of nitrogens with one attached hydrogen (secondary N) is 2. The molecule has 9 heteroatoms. The van der Waals surface area contributed by atoms with Crippen LogP contribution in [0.4, 0.5) is 4.79 Å². The Morgan fingerprint density at radius 2 is 1.85 bits per heavy atom. The van der Waals surface area contributed by atoms with E-state index in [-0.39, 0.29) is 19.0 Å². The number of terminal acetylenes is 1. The van der Waals surface area contributed by atoms with Crippen LogP contribution in [0.2, 0.25) is 0 Å². The zero-order chi connectivity index (χ0) is 25.9. The molecule has 2 unspecified atom stereocenters. The van der Waals surface area contributed by atoms with Crippen LogP contribution in [0.3, 0.4) is 0 Å². The number of amides is 3. The molecule has 0 aliphatic rings. The Hall–Kier alpha value is -3.17. The number of alkyl carbamates (subject to hydrolysis) is 1. The van der Waals surface area contributed by atoms with E-state index in [9.17, 15) is 19.6 Å². The molecule has 0 aliphatic carbocycles. The van der Waals surface area contributed by atoms with Crippen molar-refractivity contribution in [2.75, 3.05) is 18.6 Å². The van der Waals surface area contributed by atoms with Gasteiger partial charge >= 0.3 is 6.09 Å². The summed E-state index contributed by atoms with van der Waals surface area (Å²) in [6, 6.07) is 6.39. The first kappa shape index (κ1) is 28.9. The molecule has 8 nitrogen and oxygen atoms in total. The second-order valence-corrected chi connectivity index (χ2v) is 9.89. The van der Waals surface area contributed by atoms with Gasteiger partial charge in [-0.2, -0.15) is 17.0 Å². The molecule has 184 valence electrons. The van der Waals surface area contributed by atoms with Gasteiger partial charge in [-0.25, -0.2) is 4.79 Å². The second kappa shape index (κ2) is 13.5. The largest absolute Gasteiger partial charge is 0.444 e. The molecular formula is C25H34N4O4S. The Morgan fingerprint density at radius 3 is 2.38 bits per heavy atom. The third-order valence-electron chi connectivity index (χ3n) is 4.53. The minimum Gasteiger partial charge on any atom is -0.444 e. The van der Waals surface area contributed by atoms with Crippen LogP contribution >= 0.6 is 11.8 Å². The summed E-state index contributed by atoms with van der Waals surface area (Å²) in [5.41, 5.74) is 0.102. The quantitative estimate of drug-likeness (QED) is 0.388. The highest BCUT2D eigenvalue weighted by atomic mass is 32.2. The van der Waals surface area contributed by atoms with Gasteiger partial charge in [-0.15, -0.1) is 6.42 Å². The van der Waals surface area contributed by atoms with Crippen LogP contribution in [0.5, 0.6) is 0 Å². The fourth-order valence-electron chi connectivity index (χ4n) is 3.20. The molecule has 1 rings (SSSR count). The van der Waals surface area contributed by atoms with Gasteiger partial charge in [0.25, 0.3) is 0 Å². The van der Waals surface area contributed by atoms with Crippen molar-refractivity contribution in [3.05, 3.63) is 35.4 Å². The monoisotopic (exact) mass is 486 g/mol. The lowest BCUT2D eigenvalue weighted by Gasteiger charge is -2.33. The summed E-state index contributed by atoms with van der Waals surface area (Å²) in [7, 11) is 0. The molecule has 0 aliphatic heterocycles. The van der Waals surface area contributed by atoms with E-state index >= 15 is 0 Å². The summed E-state index contributed by atoms with van der Waals surface area (Å²) < 4.78 is 5.32. The maximum absolute atomic E-state index is 13.7. The average molecular weight is 487 g/mol. The van der Waals surface area contributed by atoms with Crippen LogP contribution in [0.1, 0.15) is 58.2 Å². The van der Waals surface area contributed by atoms with E-state index in [1.807, 2.05) is 12.3 Å². The highest BCUT2D eigenvalue weighted by molar-refractivity contribution is 7.98. The molecule has 0 heterocycles. The first-order valence-corrected chi connectivity index (χ1v) is 12.4. The molecule has 0 saturated carbocycles. The lowest BCUT2D eigenvalue weighted by Crippen LogP contribution is -2.53. The first-order valence-electron chi connectivity index (χ1n) is 11.0. The number of rotatable bonds is 10. The number of nitrogens with zero attached hydrogens (tertiary/aromatic N) is 2. The molecule has 0 spiro atoms. The number of hydrogen-bond acceptors (Lipinski definition) is 6. The van der Waals surface area contributed by atoms with Gasteiger partial charge in [0, 0.05) is 11.6 Å². The summed E-state index contributed by atoms with van der Waals surface area (Å²) >= 11 is 1.50. The third kappa shape index (κ3) is 8.99. The van der Waals surface area contributed by atoms with Gasteiger partial charge < -0.3 is 20.3 Å². The molecule has 0 fully saturated rings. The highest BCUT2D eigenvalue weighted by Gasteiger charge is 2.37. The molecule has 0 saturated heterocycles. The van der Waals surface area contributed by atoms with Crippen molar-refractivity contribution >= 4 is 29.7 Å². The number of thioether (sulfide) groups is 1. The Kier molecular flexibility index (Phi) is 11.5. The minimum absolute atomic E-state index is 0.209. The van der Waals surface area contributed by atoms with E-state index in [0.717, 1.165) is 4.90 Å². The Morgan fingerprint density at radius 1 is 1.21 bits per heavy atom. The molecule has 1 aromatic carbocycles. The number of nitriles is 1. The first-order chi connectivity index (χ1) is 15.9. The van der Waals surface area contributed by atoms with Crippen molar-refractivity contribution in [2.45, 2.75) is 64.8 Å². The van der Waals surface area contributed by atoms with E-state index in [0.29, 0.717) is 16.9 Å². The summed E-state index contributed by atoms with van der Waals surface area (Å²) in [5, 5.41) is 15.0. The van der Waals surface area contributed by atoms with Crippen LogP contribution in [-0.2, 0) is 14.3 Å². The molecule has 2 atom stereocenters. The Bertz CT molecular complexity index is 943. The van der Waals surface area contributed by atoms with Gasteiger partial charge in [-0.1, -0.05) is 24.1 Å². The van der Waals surface area contributed by atoms with Crippen LogP contribution in [0.25, 0.3) is 0 Å². The number of benzene rings is 1. The standard InChI is InChI=1S/C25H34N4O4S/c1-8-18-11-9-10-12-19(18)21(22(30)27-17(2)3)29(15-14-26)23(31)20(13-16-34-7)28-24(32)33-25(4,5)6/h1,9-12,17,20-21H,13,15-16H2,2-7H3,(H,27,30)(H,28,32). The molecule has 0 aromatic heterocycles. The van der Waals surface area contributed by atoms with Gasteiger partial charge in [0.2, 0.25) is 11.8 Å². The van der Waals surface area contributed by atoms with Crippen LogP contribution in [-0.4, -0.2) is 59.0 Å². The normalized spacial score (nSPS) is 12.6. The molecule has 0 bridgehead atoms. The van der Waals surface area contributed by atoms with Crippen molar-refractivity contribution in [1.82, 2.24) is 15.5 Å². The van der Waals surface area contributed by atoms with Gasteiger partial charge in [-0.05, 0) is 64.7 Å². The average Bonchev–Trinajstić information content (AvgIpc) is 2.74. The smallest absolute Gasteiger partial charge is 0.408 e. The zero-order valence-corrected chi connectivity index (χ0v) is 21.5. The molecular weight excluding hydrogens is 452 g/mol. The molecule has 1 aromatic rings. The number of carbonyl (C=O) groups excluding carboxylic acids is 3. The maximum Gasteiger partial charge on any atom is 0.408 e. The number of hydrogen-bond donors (Lipinski definition) is 2. The Balaban J connectivity index is 3.49. The van der Waals surface area contributed by atoms with Crippen LogP contribution < -0.4 is 10.6 Å². The summed E-state index contributed by atoms with van der Waals surface area (Å²) in [6.45, 7) is 8.37. The van der Waals surface area contributed by atoms with Crippen LogP contribution in [0, 0.1) is 23.7 Å². The van der Waals surface area contributed by atoms with E-state index < -0.39 is 35.6 Å². The van der Waals surface area contributed by atoms with Gasteiger partial charge in [0.05, 0.1) is 6.07 Å². The van der Waals surface area contributed by atoms with Gasteiger partial charge in [0.15, 0.2) is 0 Å². The third-order valence-corrected chi connectivity index (χ3v) is 5.17. The van der Waals surface area contributed by atoms with Crippen molar-refractivity contribution in [3.63, 3.8) is 0 Å². The summed E-state index contributed by atoms with van der Waals surface area (Å²) in [5.74, 6) is 2.07. The SMILES string of the molecule is C#Cc1ccccc1C(C(=O)NC(C)C)N(CC#N)C(=O)C(CCSC)NC(=O)OC(C)(C)C. The predicted octanol–water partition coefficient (Wildman–Crippen LogP) is 3.23. The summed E-state index contributed by atoms with van der Waals surface area (Å²) in [6.07, 6.45) is 7.08. The molecule has 0 radical (unpaired) electrons. The molecule has 34 heavy (non-hydrogen) atoms. The van der Waals surface area contributed by atoms with Crippen molar-refractivity contribution in [2.24, 2.45) is 0 Å². The van der Waals surface area contributed by atoms with Crippen molar-refractivity contribution in [1.29, 1.82) is 5.26 Å². The lowest BCUT2D eigenvalue weighted by atomic mass is 9.97. The van der Waals surface area contributed by atoms with Crippen molar-refractivity contribution < 1.29 is 19.1 Å². The number of ether oxygens (including phenoxy) is 1.